The number of fused-ring (bicyclic) bond motifs is 2. The Hall–Kier alpha value is -4.04. The lowest BCUT2D eigenvalue weighted by Gasteiger charge is -2.34. The Kier molecular flexibility index (Phi) is 11.8. The van der Waals surface area contributed by atoms with Gasteiger partial charge in [0.25, 0.3) is 0 Å². The molecule has 0 spiro atoms. The number of nitrogens with zero attached hydrogens (tertiary/aromatic N) is 5. The summed E-state index contributed by atoms with van der Waals surface area (Å²) in [5, 5.41) is 23.0. The lowest BCUT2D eigenvalue weighted by molar-refractivity contribution is -0.137. The van der Waals surface area contributed by atoms with Gasteiger partial charge in [-0.25, -0.2) is 13.6 Å². The fourth-order valence-corrected chi connectivity index (χ4v) is 8.32. The van der Waals surface area contributed by atoms with Gasteiger partial charge in [-0.2, -0.15) is 9.97 Å². The summed E-state index contributed by atoms with van der Waals surface area (Å²) in [6.07, 6.45) is 5.87. The number of unbranched alkanes of at least 4 members (excludes halogenated alkanes) is 1. The van der Waals surface area contributed by atoms with Crippen molar-refractivity contribution in [3.63, 3.8) is 0 Å². The van der Waals surface area contributed by atoms with Crippen molar-refractivity contribution in [3.8, 4) is 23.0 Å². The first kappa shape index (κ1) is 38.7. The van der Waals surface area contributed by atoms with Crippen LogP contribution < -0.4 is 15.0 Å². The highest BCUT2D eigenvalue weighted by atomic mass is 35.5. The Balaban J connectivity index is 1.33. The number of alkyl carbamates (subject to hydrolysis) is 1. The molecular weight excluding hydrogens is 710 g/mol. The van der Waals surface area contributed by atoms with Crippen LogP contribution in [0, 0.1) is 11.7 Å². The number of hydrogen-bond donors (Lipinski definition) is 3. The topological polar surface area (TPSA) is 150 Å². The molecule has 3 atom stereocenters. The van der Waals surface area contributed by atoms with E-state index in [1.165, 1.54) is 18.3 Å². The van der Waals surface area contributed by atoms with E-state index in [2.05, 4.69) is 25.1 Å². The van der Waals surface area contributed by atoms with E-state index < -0.39 is 35.2 Å². The molecule has 2 aromatic heterocycles. The number of phenolic OH excluding ortho intramolecular Hbond substituents is 1. The molecule has 1 unspecified atom stereocenters. The number of benzene rings is 1. The molecule has 3 N–H and O–H groups in total. The number of halogens is 3. The first-order chi connectivity index (χ1) is 25.2. The Labute approximate surface area is 313 Å². The summed E-state index contributed by atoms with van der Waals surface area (Å²) < 4.78 is 43.2. The molecule has 3 fully saturated rings. The van der Waals surface area contributed by atoms with Crippen LogP contribution in [-0.2, 0) is 16.0 Å². The van der Waals surface area contributed by atoms with E-state index >= 15 is 4.39 Å². The van der Waals surface area contributed by atoms with Gasteiger partial charge in [0, 0.05) is 55.8 Å². The van der Waals surface area contributed by atoms with Crippen molar-refractivity contribution >= 4 is 40.4 Å². The number of piperidine rings is 1. The number of aliphatic carboxylic acids is 1. The normalized spacial score (nSPS) is 21.9. The van der Waals surface area contributed by atoms with Crippen LogP contribution in [0.5, 0.6) is 11.8 Å². The second-order valence-corrected chi connectivity index (χ2v) is 16.0. The van der Waals surface area contributed by atoms with Crippen molar-refractivity contribution in [1.29, 1.82) is 0 Å². The Bertz CT molecular complexity index is 1830. The molecule has 3 aliphatic heterocycles. The zero-order valence-corrected chi connectivity index (χ0v) is 31.4. The summed E-state index contributed by atoms with van der Waals surface area (Å²) >= 11 is 6.56. The van der Waals surface area contributed by atoms with Gasteiger partial charge >= 0.3 is 18.1 Å². The molecule has 0 radical (unpaired) electrons. The summed E-state index contributed by atoms with van der Waals surface area (Å²) in [5.41, 5.74) is -0.335. The van der Waals surface area contributed by atoms with Crippen molar-refractivity contribution in [2.24, 2.45) is 5.92 Å². The number of amides is 1. The average Bonchev–Trinajstić information content (AvgIpc) is 3.61. The number of aromatic nitrogens is 3. The number of rotatable bonds is 13. The molecule has 0 aliphatic carbocycles. The first-order valence-electron chi connectivity index (χ1n) is 18.5. The number of aromatic hydroxyl groups is 1. The average molecular weight is 759 g/mol. The third-order valence-electron chi connectivity index (χ3n) is 10.4. The molecule has 12 nitrogen and oxygen atoms in total. The number of carboxylic acids is 1. The van der Waals surface area contributed by atoms with E-state index in [1.807, 2.05) is 20.8 Å². The molecule has 3 saturated heterocycles. The summed E-state index contributed by atoms with van der Waals surface area (Å²) in [5.74, 6) is -1.16. The fourth-order valence-electron chi connectivity index (χ4n) is 8.01. The van der Waals surface area contributed by atoms with Crippen molar-refractivity contribution in [2.45, 2.75) is 102 Å². The molecule has 15 heteroatoms. The maximum Gasteiger partial charge on any atom is 0.407 e. The van der Waals surface area contributed by atoms with Gasteiger partial charge in [-0.3, -0.25) is 14.7 Å². The smallest absolute Gasteiger partial charge is 0.407 e. The van der Waals surface area contributed by atoms with Crippen LogP contribution in [0.3, 0.4) is 0 Å². The molecule has 3 aromatic rings. The Morgan fingerprint density at radius 2 is 1.96 bits per heavy atom. The first-order valence-corrected chi connectivity index (χ1v) is 18.9. The maximum absolute atomic E-state index is 16.9. The van der Waals surface area contributed by atoms with Crippen molar-refractivity contribution in [2.75, 3.05) is 44.2 Å². The van der Waals surface area contributed by atoms with Gasteiger partial charge in [-0.05, 0) is 102 Å². The molecule has 53 heavy (non-hydrogen) atoms. The zero-order valence-electron chi connectivity index (χ0n) is 30.6. The number of pyridine rings is 1. The minimum atomic E-state index is -0.944. The quantitative estimate of drug-likeness (QED) is 0.154. The Morgan fingerprint density at radius 3 is 2.74 bits per heavy atom. The number of carbonyl (C=O) groups is 2. The molecule has 1 aromatic carbocycles. The maximum atomic E-state index is 16.9. The molecular formula is C38H49ClF2N6O6. The zero-order chi connectivity index (χ0) is 37.9. The third kappa shape index (κ3) is 9.20. The summed E-state index contributed by atoms with van der Waals surface area (Å²) in [4.78, 5) is 41.5. The summed E-state index contributed by atoms with van der Waals surface area (Å²) in [6.45, 7) is 8.44. The summed E-state index contributed by atoms with van der Waals surface area (Å²) in [6, 6.07) is 2.75. The van der Waals surface area contributed by atoms with Crippen LogP contribution in [-0.4, -0.2) is 98.8 Å². The van der Waals surface area contributed by atoms with E-state index in [0.717, 1.165) is 32.2 Å². The van der Waals surface area contributed by atoms with Gasteiger partial charge in [-0.1, -0.05) is 11.6 Å². The van der Waals surface area contributed by atoms with Gasteiger partial charge in [0.15, 0.2) is 5.82 Å². The largest absolute Gasteiger partial charge is 0.508 e. The Morgan fingerprint density at radius 1 is 1.15 bits per heavy atom. The molecule has 5 heterocycles. The van der Waals surface area contributed by atoms with Crippen LogP contribution in [0.1, 0.15) is 84.1 Å². The third-order valence-corrected chi connectivity index (χ3v) is 10.8. The van der Waals surface area contributed by atoms with Gasteiger partial charge in [0.2, 0.25) is 0 Å². The van der Waals surface area contributed by atoms with Gasteiger partial charge in [0.05, 0.1) is 10.9 Å². The molecule has 1 amide bonds. The number of alkyl halides is 1. The molecule has 0 saturated carbocycles. The lowest BCUT2D eigenvalue weighted by atomic mass is 9.94. The van der Waals surface area contributed by atoms with E-state index in [9.17, 15) is 19.1 Å². The van der Waals surface area contributed by atoms with Crippen molar-refractivity contribution < 1.29 is 38.1 Å². The van der Waals surface area contributed by atoms with E-state index in [-0.39, 0.29) is 52.5 Å². The van der Waals surface area contributed by atoms with E-state index in [0.29, 0.717) is 75.1 Å². The summed E-state index contributed by atoms with van der Waals surface area (Å²) in [7, 11) is 0. The number of anilines is 1. The second kappa shape index (κ2) is 16.1. The van der Waals surface area contributed by atoms with Gasteiger partial charge < -0.3 is 29.9 Å². The molecule has 6 rings (SSSR count). The SMILES string of the molecule is CC(C)(C)OC(=O)NCCC1CCCN(c2nc(OC[C@@]34CCCN3C[C@H](F)C4)nc3c(F)c(-c4cc(O)cc(Cl)c4CCCCC(=O)O)ncc23)C1. The van der Waals surface area contributed by atoms with Gasteiger partial charge in [-0.15, -0.1) is 0 Å². The van der Waals surface area contributed by atoms with Crippen molar-refractivity contribution in [1.82, 2.24) is 25.2 Å². The minimum Gasteiger partial charge on any atom is -0.508 e. The van der Waals surface area contributed by atoms with Crippen LogP contribution in [0.15, 0.2) is 18.3 Å². The van der Waals surface area contributed by atoms with Crippen LogP contribution >= 0.6 is 11.6 Å². The van der Waals surface area contributed by atoms with Gasteiger partial charge in [0.1, 0.15) is 41.2 Å². The number of hydrogen-bond acceptors (Lipinski definition) is 10. The molecule has 3 aliphatic rings. The van der Waals surface area contributed by atoms with E-state index in [1.54, 1.807) is 0 Å². The fraction of sp³-hybridized carbons (Fsp3) is 0.605. The van der Waals surface area contributed by atoms with Crippen LogP contribution in [0.2, 0.25) is 5.02 Å². The highest BCUT2D eigenvalue weighted by Crippen LogP contribution is 2.42. The number of carbonyl (C=O) groups excluding carboxylic acids is 1. The number of nitrogens with one attached hydrogen (secondary N) is 1. The van der Waals surface area contributed by atoms with Crippen molar-refractivity contribution in [3.05, 3.63) is 34.7 Å². The standard InChI is InChI=1S/C38H49ClF2N6O6/c1-37(2,3)53-36(51)42-13-11-23-8-6-14-46(20-23)34-28-19-43-32(27-16-25(48)17-29(39)26(27)9-4-5-10-30(49)50)31(41)33(28)44-35(45-34)52-22-38-12-7-15-47(38)21-24(40)18-38/h16-17,19,23-24,48H,4-15,18,20-22H2,1-3H3,(H,42,51)(H,49,50)/t23?,24-,38+/m1/s1. The van der Waals surface area contributed by atoms with Crippen LogP contribution in [0.25, 0.3) is 22.2 Å². The minimum absolute atomic E-state index is 0.0151. The highest BCUT2D eigenvalue weighted by Gasteiger charge is 2.49. The van der Waals surface area contributed by atoms with Crippen LogP contribution in [0.4, 0.5) is 19.4 Å². The molecule has 288 valence electrons. The predicted molar refractivity (Wildman–Crippen MR) is 197 cm³/mol. The predicted octanol–water partition coefficient (Wildman–Crippen LogP) is 7.07. The second-order valence-electron chi connectivity index (χ2n) is 15.6. The number of phenols is 1. The molecule has 0 bridgehead atoms. The van der Waals surface area contributed by atoms with E-state index in [4.69, 9.17) is 31.2 Å². The number of carboxylic acid groups (broad SMARTS) is 1. The monoisotopic (exact) mass is 758 g/mol. The highest BCUT2D eigenvalue weighted by molar-refractivity contribution is 6.32. The number of ether oxygens (including phenoxy) is 2. The lowest BCUT2D eigenvalue weighted by Crippen LogP contribution is -2.43.